The van der Waals surface area contributed by atoms with E-state index in [0.717, 1.165) is 12.5 Å². The molecule has 2 aliphatic carbocycles. The van der Waals surface area contributed by atoms with Crippen molar-refractivity contribution in [2.45, 2.75) is 26.2 Å². The zero-order valence-corrected chi connectivity index (χ0v) is 9.42. The average Bonchev–Trinajstić information content (AvgIpc) is 2.64. The van der Waals surface area contributed by atoms with Gasteiger partial charge in [0.1, 0.15) is 0 Å². The lowest BCUT2D eigenvalue weighted by molar-refractivity contribution is 0.232. The van der Waals surface area contributed by atoms with Gasteiger partial charge in [0.05, 0.1) is 0 Å². The van der Waals surface area contributed by atoms with E-state index in [0.29, 0.717) is 5.41 Å². The Morgan fingerprint density at radius 1 is 1.40 bits per heavy atom. The van der Waals surface area contributed by atoms with Crippen LogP contribution >= 0.6 is 0 Å². The average molecular weight is 201 g/mol. The van der Waals surface area contributed by atoms with E-state index in [-0.39, 0.29) is 0 Å². The summed E-state index contributed by atoms with van der Waals surface area (Å²) in [7, 11) is 0. The van der Waals surface area contributed by atoms with Crippen LogP contribution in [0.3, 0.4) is 0 Å². The van der Waals surface area contributed by atoms with Crippen LogP contribution in [0, 0.1) is 11.3 Å². The Balaban J connectivity index is 2.02. The van der Waals surface area contributed by atoms with Crippen LogP contribution in [0.5, 0.6) is 0 Å². The van der Waals surface area contributed by atoms with Gasteiger partial charge in [-0.15, -0.1) is 0 Å². The largest absolute Gasteiger partial charge is 0.316 e. The molecular weight excluding hydrogens is 182 g/mol. The Bertz CT molecular complexity index is 362. The van der Waals surface area contributed by atoms with E-state index in [1.165, 1.54) is 25.8 Å². The summed E-state index contributed by atoms with van der Waals surface area (Å²) >= 11 is 0. The molecule has 3 rings (SSSR count). The Morgan fingerprint density at radius 2 is 2.33 bits per heavy atom. The molecular formula is C14H19N. The van der Waals surface area contributed by atoms with E-state index in [4.69, 9.17) is 0 Å². The van der Waals surface area contributed by atoms with E-state index in [9.17, 15) is 0 Å². The van der Waals surface area contributed by atoms with Crippen LogP contribution in [0.15, 0.2) is 35.5 Å². The summed E-state index contributed by atoms with van der Waals surface area (Å²) in [4.78, 5) is 0. The van der Waals surface area contributed by atoms with Gasteiger partial charge in [-0.1, -0.05) is 31.2 Å². The fourth-order valence-corrected chi connectivity index (χ4v) is 3.34. The Labute approximate surface area is 91.9 Å². The SMILES string of the molecule is C[C@H]1CNCC[C@@]12C=CC1=C2C=CCC1. The second-order valence-corrected chi connectivity index (χ2v) is 5.11. The van der Waals surface area contributed by atoms with Gasteiger partial charge < -0.3 is 5.32 Å². The number of allylic oxidation sites excluding steroid dienone is 6. The zero-order chi connectivity index (χ0) is 10.3. The number of piperidine rings is 1. The molecule has 1 aliphatic heterocycles. The topological polar surface area (TPSA) is 12.0 Å². The smallest absolute Gasteiger partial charge is 0.0187 e. The summed E-state index contributed by atoms with van der Waals surface area (Å²) in [5, 5.41) is 3.50. The molecule has 0 aromatic rings. The van der Waals surface area contributed by atoms with Crippen molar-refractivity contribution in [1.29, 1.82) is 0 Å². The van der Waals surface area contributed by atoms with Crippen LogP contribution < -0.4 is 5.32 Å². The summed E-state index contributed by atoms with van der Waals surface area (Å²) in [6.07, 6.45) is 13.4. The standard InChI is InChI=1S/C14H19N/c1-11-10-15-9-8-14(11)7-6-12-4-2-3-5-13(12)14/h3,5-7,11,15H,2,4,8-10H2,1H3/t11-,14-/m0/s1. The van der Waals surface area contributed by atoms with Crippen molar-refractivity contribution in [2.24, 2.45) is 11.3 Å². The van der Waals surface area contributed by atoms with Crippen molar-refractivity contribution >= 4 is 0 Å². The van der Waals surface area contributed by atoms with Crippen molar-refractivity contribution < 1.29 is 0 Å². The van der Waals surface area contributed by atoms with Crippen molar-refractivity contribution in [3.8, 4) is 0 Å². The maximum Gasteiger partial charge on any atom is 0.0187 e. The Kier molecular flexibility index (Phi) is 2.10. The van der Waals surface area contributed by atoms with E-state index >= 15 is 0 Å². The molecule has 1 heterocycles. The second-order valence-electron chi connectivity index (χ2n) is 5.11. The number of hydrogen-bond acceptors (Lipinski definition) is 1. The van der Waals surface area contributed by atoms with Crippen LogP contribution in [0.1, 0.15) is 26.2 Å². The molecule has 80 valence electrons. The van der Waals surface area contributed by atoms with E-state index in [2.05, 4.69) is 36.5 Å². The number of nitrogens with one attached hydrogen (secondary N) is 1. The molecule has 1 fully saturated rings. The fraction of sp³-hybridized carbons (Fsp3) is 0.571. The molecule has 0 aromatic heterocycles. The minimum atomic E-state index is 0.373. The third-order valence-corrected chi connectivity index (χ3v) is 4.34. The summed E-state index contributed by atoms with van der Waals surface area (Å²) in [6.45, 7) is 4.71. The van der Waals surface area contributed by atoms with Gasteiger partial charge in [-0.2, -0.15) is 0 Å². The predicted octanol–water partition coefficient (Wildman–Crippen LogP) is 2.82. The highest BCUT2D eigenvalue weighted by molar-refractivity contribution is 5.50. The van der Waals surface area contributed by atoms with Gasteiger partial charge in [0.25, 0.3) is 0 Å². The molecule has 0 unspecified atom stereocenters. The lowest BCUT2D eigenvalue weighted by Gasteiger charge is -2.41. The first-order valence-electron chi connectivity index (χ1n) is 6.13. The van der Waals surface area contributed by atoms with E-state index in [1.807, 2.05) is 0 Å². The zero-order valence-electron chi connectivity index (χ0n) is 9.42. The second kappa shape index (κ2) is 3.34. The van der Waals surface area contributed by atoms with Crippen molar-refractivity contribution in [3.63, 3.8) is 0 Å². The van der Waals surface area contributed by atoms with Gasteiger partial charge in [0.2, 0.25) is 0 Å². The van der Waals surface area contributed by atoms with E-state index in [1.54, 1.807) is 11.1 Å². The van der Waals surface area contributed by atoms with Crippen molar-refractivity contribution in [3.05, 3.63) is 35.5 Å². The van der Waals surface area contributed by atoms with Gasteiger partial charge in [-0.05, 0) is 49.4 Å². The fourth-order valence-electron chi connectivity index (χ4n) is 3.34. The molecule has 0 bridgehead atoms. The molecule has 0 amide bonds. The van der Waals surface area contributed by atoms with Crippen LogP contribution in [0.25, 0.3) is 0 Å². The van der Waals surface area contributed by atoms with E-state index < -0.39 is 0 Å². The summed E-state index contributed by atoms with van der Waals surface area (Å²) < 4.78 is 0. The highest BCUT2D eigenvalue weighted by atomic mass is 14.9. The van der Waals surface area contributed by atoms with Crippen LogP contribution in [-0.4, -0.2) is 13.1 Å². The molecule has 1 heteroatoms. The van der Waals surface area contributed by atoms with Gasteiger partial charge in [-0.25, -0.2) is 0 Å². The van der Waals surface area contributed by atoms with Crippen molar-refractivity contribution in [1.82, 2.24) is 5.32 Å². The third-order valence-electron chi connectivity index (χ3n) is 4.34. The van der Waals surface area contributed by atoms with Gasteiger partial charge in [0.15, 0.2) is 0 Å². The number of fused-ring (bicyclic) bond motifs is 1. The first kappa shape index (κ1) is 9.41. The van der Waals surface area contributed by atoms with Crippen molar-refractivity contribution in [2.75, 3.05) is 13.1 Å². The molecule has 0 aromatic carbocycles. The quantitative estimate of drug-likeness (QED) is 0.635. The highest BCUT2D eigenvalue weighted by Gasteiger charge is 2.42. The maximum atomic E-state index is 3.50. The molecule has 1 N–H and O–H groups in total. The predicted molar refractivity (Wildman–Crippen MR) is 63.6 cm³/mol. The minimum Gasteiger partial charge on any atom is -0.316 e. The molecule has 0 radical (unpaired) electrons. The van der Waals surface area contributed by atoms with Gasteiger partial charge in [-0.3, -0.25) is 0 Å². The third kappa shape index (κ3) is 1.26. The van der Waals surface area contributed by atoms with Gasteiger partial charge >= 0.3 is 0 Å². The summed E-state index contributed by atoms with van der Waals surface area (Å²) in [6, 6.07) is 0. The molecule has 1 spiro atoms. The monoisotopic (exact) mass is 201 g/mol. The molecule has 15 heavy (non-hydrogen) atoms. The molecule has 2 atom stereocenters. The summed E-state index contributed by atoms with van der Waals surface area (Å²) in [5.74, 6) is 0.734. The van der Waals surface area contributed by atoms with Crippen LogP contribution in [-0.2, 0) is 0 Å². The molecule has 1 saturated heterocycles. The van der Waals surface area contributed by atoms with Crippen LogP contribution in [0.2, 0.25) is 0 Å². The molecule has 0 saturated carbocycles. The van der Waals surface area contributed by atoms with Crippen LogP contribution in [0.4, 0.5) is 0 Å². The highest BCUT2D eigenvalue weighted by Crippen LogP contribution is 2.50. The maximum absolute atomic E-state index is 3.50. The normalized spacial score (nSPS) is 38.9. The molecule has 1 nitrogen and oxygen atoms in total. The lowest BCUT2D eigenvalue weighted by Crippen LogP contribution is -2.43. The molecule has 3 aliphatic rings. The van der Waals surface area contributed by atoms with Gasteiger partial charge in [0, 0.05) is 5.41 Å². The first-order valence-corrected chi connectivity index (χ1v) is 6.13. The minimum absolute atomic E-state index is 0.373. The lowest BCUT2D eigenvalue weighted by atomic mass is 9.67. The first-order chi connectivity index (χ1) is 7.33. The Morgan fingerprint density at radius 3 is 3.20 bits per heavy atom. The number of hydrogen-bond donors (Lipinski definition) is 1. The number of rotatable bonds is 0. The summed E-state index contributed by atoms with van der Waals surface area (Å²) in [5.41, 5.74) is 3.60. The Hall–Kier alpha value is -0.820.